The van der Waals surface area contributed by atoms with E-state index in [1.807, 2.05) is 38.1 Å². The molecule has 2 rings (SSSR count). The maximum atomic E-state index is 12.2. The Bertz CT molecular complexity index is 479. The van der Waals surface area contributed by atoms with Crippen molar-refractivity contribution in [2.75, 3.05) is 6.54 Å². The topological polar surface area (TPSA) is 64.3 Å². The highest BCUT2D eigenvalue weighted by molar-refractivity contribution is 5.85. The van der Waals surface area contributed by atoms with E-state index in [4.69, 9.17) is 10.5 Å². The van der Waals surface area contributed by atoms with E-state index in [0.29, 0.717) is 18.9 Å². The minimum absolute atomic E-state index is 0. The first-order valence-electron chi connectivity index (χ1n) is 7.83. The van der Waals surface area contributed by atoms with E-state index in [1.54, 1.807) is 0 Å². The van der Waals surface area contributed by atoms with Gasteiger partial charge >= 0.3 is 0 Å². The molecule has 2 atom stereocenters. The van der Waals surface area contributed by atoms with Crippen LogP contribution in [0.4, 0.5) is 0 Å². The van der Waals surface area contributed by atoms with Crippen LogP contribution in [0.3, 0.4) is 0 Å². The monoisotopic (exact) mass is 326 g/mol. The summed E-state index contributed by atoms with van der Waals surface area (Å²) in [5.74, 6) is 1.32. The predicted octanol–water partition coefficient (Wildman–Crippen LogP) is 2.68. The standard InChI is InChI=1S/C17H26N2O2.ClH/c1-12(2)21-15-7-3-5-13(9-15)10-17(20)19-16-8-4-6-14(16)11-18;/h3,5,7,9,12,14,16H,4,6,8,10-11,18H2,1-2H3,(H,19,20);1H. The number of hydrogen-bond acceptors (Lipinski definition) is 3. The molecular formula is C17H27ClN2O2. The van der Waals surface area contributed by atoms with Gasteiger partial charge in [0, 0.05) is 6.04 Å². The van der Waals surface area contributed by atoms with E-state index in [2.05, 4.69) is 5.32 Å². The largest absolute Gasteiger partial charge is 0.491 e. The smallest absolute Gasteiger partial charge is 0.224 e. The Morgan fingerprint density at radius 3 is 2.86 bits per heavy atom. The molecule has 0 saturated heterocycles. The molecule has 0 bridgehead atoms. The van der Waals surface area contributed by atoms with Crippen LogP contribution in [0.15, 0.2) is 24.3 Å². The van der Waals surface area contributed by atoms with Gasteiger partial charge in [-0.3, -0.25) is 4.79 Å². The molecule has 124 valence electrons. The van der Waals surface area contributed by atoms with E-state index in [9.17, 15) is 4.79 Å². The molecule has 1 fully saturated rings. The van der Waals surface area contributed by atoms with Crippen LogP contribution in [0.2, 0.25) is 0 Å². The number of nitrogens with one attached hydrogen (secondary N) is 1. The van der Waals surface area contributed by atoms with Crippen molar-refractivity contribution in [3.63, 3.8) is 0 Å². The van der Waals surface area contributed by atoms with Gasteiger partial charge in [-0.15, -0.1) is 12.4 Å². The third-order valence-corrected chi connectivity index (χ3v) is 3.94. The van der Waals surface area contributed by atoms with Crippen LogP contribution in [-0.2, 0) is 11.2 Å². The van der Waals surface area contributed by atoms with Gasteiger partial charge in [-0.25, -0.2) is 0 Å². The first-order chi connectivity index (χ1) is 10.1. The van der Waals surface area contributed by atoms with Crippen molar-refractivity contribution in [3.05, 3.63) is 29.8 Å². The lowest BCUT2D eigenvalue weighted by Gasteiger charge is -2.19. The highest BCUT2D eigenvalue weighted by Crippen LogP contribution is 2.24. The minimum atomic E-state index is 0. The van der Waals surface area contributed by atoms with Crippen molar-refractivity contribution in [2.45, 2.75) is 51.7 Å². The van der Waals surface area contributed by atoms with Crippen molar-refractivity contribution < 1.29 is 9.53 Å². The van der Waals surface area contributed by atoms with Crippen molar-refractivity contribution >= 4 is 18.3 Å². The fraction of sp³-hybridized carbons (Fsp3) is 0.588. The molecular weight excluding hydrogens is 300 g/mol. The Kier molecular flexibility index (Phi) is 7.69. The summed E-state index contributed by atoms with van der Waals surface area (Å²) in [5, 5.41) is 3.13. The molecule has 0 radical (unpaired) electrons. The van der Waals surface area contributed by atoms with Crippen LogP contribution in [0.5, 0.6) is 5.75 Å². The molecule has 0 aromatic heterocycles. The van der Waals surface area contributed by atoms with Gasteiger partial charge in [-0.1, -0.05) is 18.6 Å². The molecule has 3 N–H and O–H groups in total. The van der Waals surface area contributed by atoms with Crippen LogP contribution >= 0.6 is 12.4 Å². The van der Waals surface area contributed by atoms with Gasteiger partial charge in [0.25, 0.3) is 0 Å². The lowest BCUT2D eigenvalue weighted by Crippen LogP contribution is -2.40. The van der Waals surface area contributed by atoms with E-state index >= 15 is 0 Å². The molecule has 22 heavy (non-hydrogen) atoms. The summed E-state index contributed by atoms with van der Waals surface area (Å²) in [6.07, 6.45) is 3.86. The van der Waals surface area contributed by atoms with Gasteiger partial charge in [-0.2, -0.15) is 0 Å². The maximum Gasteiger partial charge on any atom is 0.224 e. The van der Waals surface area contributed by atoms with Crippen molar-refractivity contribution in [3.8, 4) is 5.75 Å². The Morgan fingerprint density at radius 1 is 1.41 bits per heavy atom. The summed E-state index contributed by atoms with van der Waals surface area (Å²) >= 11 is 0. The van der Waals surface area contributed by atoms with Gasteiger partial charge in [-0.05, 0) is 56.8 Å². The Labute approximate surface area is 139 Å². The Balaban J connectivity index is 0.00000242. The van der Waals surface area contributed by atoms with Gasteiger partial charge in [0.1, 0.15) is 5.75 Å². The number of benzene rings is 1. The van der Waals surface area contributed by atoms with Crippen LogP contribution in [0.25, 0.3) is 0 Å². The highest BCUT2D eigenvalue weighted by Gasteiger charge is 2.27. The Hall–Kier alpha value is -1.26. The molecule has 4 nitrogen and oxygen atoms in total. The summed E-state index contributed by atoms with van der Waals surface area (Å²) in [6.45, 7) is 4.64. The molecule has 1 aromatic rings. The number of carbonyl (C=O) groups excluding carboxylic acids is 1. The fourth-order valence-corrected chi connectivity index (χ4v) is 2.95. The van der Waals surface area contributed by atoms with E-state index < -0.39 is 0 Å². The molecule has 1 aromatic carbocycles. The number of carbonyl (C=O) groups is 1. The first-order valence-corrected chi connectivity index (χ1v) is 7.83. The van der Waals surface area contributed by atoms with Gasteiger partial charge in [0.05, 0.1) is 12.5 Å². The van der Waals surface area contributed by atoms with Crippen molar-refractivity contribution in [2.24, 2.45) is 11.7 Å². The quantitative estimate of drug-likeness (QED) is 0.844. The van der Waals surface area contributed by atoms with Crippen LogP contribution < -0.4 is 15.8 Å². The van der Waals surface area contributed by atoms with Crippen LogP contribution in [0, 0.1) is 5.92 Å². The lowest BCUT2D eigenvalue weighted by atomic mass is 10.0. The number of rotatable bonds is 6. The van der Waals surface area contributed by atoms with Crippen LogP contribution in [0.1, 0.15) is 38.7 Å². The first kappa shape index (κ1) is 18.8. The second-order valence-corrected chi connectivity index (χ2v) is 6.09. The van der Waals surface area contributed by atoms with Crippen molar-refractivity contribution in [1.82, 2.24) is 5.32 Å². The minimum Gasteiger partial charge on any atom is -0.491 e. The summed E-state index contributed by atoms with van der Waals surface area (Å²) in [7, 11) is 0. The molecule has 1 aliphatic rings. The number of ether oxygens (including phenoxy) is 1. The zero-order chi connectivity index (χ0) is 15.2. The molecule has 1 saturated carbocycles. The van der Waals surface area contributed by atoms with Crippen LogP contribution in [-0.4, -0.2) is 24.6 Å². The zero-order valence-corrected chi connectivity index (χ0v) is 14.2. The molecule has 0 aliphatic heterocycles. The third kappa shape index (κ3) is 5.50. The average Bonchev–Trinajstić information content (AvgIpc) is 2.85. The van der Waals surface area contributed by atoms with Crippen molar-refractivity contribution in [1.29, 1.82) is 0 Å². The van der Waals surface area contributed by atoms with E-state index in [1.165, 1.54) is 0 Å². The lowest BCUT2D eigenvalue weighted by molar-refractivity contribution is -0.121. The van der Waals surface area contributed by atoms with Gasteiger partial charge in [0.15, 0.2) is 0 Å². The highest BCUT2D eigenvalue weighted by atomic mass is 35.5. The summed E-state index contributed by atoms with van der Waals surface area (Å²) in [6, 6.07) is 8.00. The molecule has 1 aliphatic carbocycles. The number of halogens is 1. The molecule has 0 spiro atoms. The van der Waals surface area contributed by atoms with E-state index in [-0.39, 0.29) is 30.5 Å². The number of nitrogens with two attached hydrogens (primary N) is 1. The predicted molar refractivity (Wildman–Crippen MR) is 91.5 cm³/mol. The van der Waals surface area contributed by atoms with Gasteiger partial charge < -0.3 is 15.8 Å². The second kappa shape index (κ2) is 9.01. The fourth-order valence-electron chi connectivity index (χ4n) is 2.95. The zero-order valence-electron chi connectivity index (χ0n) is 13.4. The SMILES string of the molecule is CC(C)Oc1cccc(CC(=O)NC2CCCC2CN)c1.Cl. The molecule has 0 heterocycles. The maximum absolute atomic E-state index is 12.2. The second-order valence-electron chi connectivity index (χ2n) is 6.09. The van der Waals surface area contributed by atoms with Gasteiger partial charge in [0.2, 0.25) is 5.91 Å². The Morgan fingerprint density at radius 2 is 2.18 bits per heavy atom. The number of hydrogen-bond donors (Lipinski definition) is 2. The summed E-state index contributed by atoms with van der Waals surface area (Å²) in [5.41, 5.74) is 6.73. The summed E-state index contributed by atoms with van der Waals surface area (Å²) in [4.78, 5) is 12.2. The number of amides is 1. The third-order valence-electron chi connectivity index (χ3n) is 3.94. The molecule has 2 unspecified atom stereocenters. The molecule has 1 amide bonds. The van der Waals surface area contributed by atoms with E-state index in [0.717, 1.165) is 30.6 Å². The average molecular weight is 327 g/mol. The summed E-state index contributed by atoms with van der Waals surface area (Å²) < 4.78 is 5.66. The normalized spacial score (nSPS) is 20.5. The molecule has 5 heteroatoms.